The molecular weight excluding hydrogens is 209 g/mol. The van der Waals surface area contributed by atoms with Gasteiger partial charge in [-0.25, -0.2) is 4.39 Å². The third-order valence-corrected chi connectivity index (χ3v) is 2.54. The van der Waals surface area contributed by atoms with Crippen molar-refractivity contribution in [1.29, 1.82) is 0 Å². The van der Waals surface area contributed by atoms with Gasteiger partial charge < -0.3 is 9.84 Å². The first kappa shape index (κ1) is 11.5. The molecule has 87 valence electrons. The maximum atomic E-state index is 14.1. The third kappa shape index (κ3) is 2.58. The summed E-state index contributed by atoms with van der Waals surface area (Å²) in [5.74, 6) is 0. The van der Waals surface area contributed by atoms with E-state index in [0.29, 0.717) is 18.7 Å². The predicted molar refractivity (Wildman–Crippen MR) is 58.1 cm³/mol. The number of benzene rings is 1. The maximum Gasteiger partial charge on any atom is 0.178 e. The minimum atomic E-state index is -1.39. The van der Waals surface area contributed by atoms with Crippen LogP contribution in [0, 0.1) is 6.10 Å². The van der Waals surface area contributed by atoms with Gasteiger partial charge in [-0.05, 0) is 18.5 Å². The molecule has 1 aliphatic heterocycles. The molecule has 2 atom stereocenters. The topological polar surface area (TPSA) is 41.5 Å². The van der Waals surface area contributed by atoms with Crippen LogP contribution in [0.3, 0.4) is 0 Å². The van der Waals surface area contributed by atoms with Crippen molar-refractivity contribution >= 4 is 0 Å². The maximum absolute atomic E-state index is 14.1. The summed E-state index contributed by atoms with van der Waals surface area (Å²) >= 11 is 0. The molecule has 0 aliphatic carbocycles. The molecule has 0 amide bonds. The second kappa shape index (κ2) is 5.39. The van der Waals surface area contributed by atoms with Crippen LogP contribution in [0.15, 0.2) is 30.3 Å². The zero-order valence-electron chi connectivity index (χ0n) is 8.90. The fraction of sp³-hybridized carbons (Fsp3) is 0.417. The van der Waals surface area contributed by atoms with E-state index in [2.05, 4.69) is 5.32 Å². The second-order valence-electron chi connectivity index (χ2n) is 3.73. The Morgan fingerprint density at radius 3 is 2.88 bits per heavy atom. The molecule has 1 aliphatic rings. The van der Waals surface area contributed by atoms with Crippen LogP contribution < -0.4 is 5.32 Å². The number of rotatable bonds is 2. The molecule has 2 unspecified atom stereocenters. The first-order valence-electron chi connectivity index (χ1n) is 5.39. The summed E-state index contributed by atoms with van der Waals surface area (Å²) in [4.78, 5) is 0. The van der Waals surface area contributed by atoms with E-state index < -0.39 is 12.4 Å². The molecule has 2 N–H and O–H groups in total. The lowest BCUT2D eigenvalue weighted by Crippen LogP contribution is -2.36. The number of alkyl halides is 1. The number of halogens is 1. The highest BCUT2D eigenvalue weighted by atomic mass is 19.1. The minimum absolute atomic E-state index is 0.0590. The lowest BCUT2D eigenvalue weighted by molar-refractivity contribution is 0.00406. The van der Waals surface area contributed by atoms with Crippen LogP contribution in [0.2, 0.25) is 0 Å². The lowest BCUT2D eigenvalue weighted by atomic mass is 10.0. The standard InChI is InChI=1S/C12H15FNO2/c13-10(9-5-2-1-3-6-9)11-12(15)14-7-4-8-16-11/h1-3,5-6,10,12,14-15H,4,7-8H2. The quantitative estimate of drug-likeness (QED) is 0.801. The van der Waals surface area contributed by atoms with Gasteiger partial charge in [-0.15, -0.1) is 0 Å². The molecule has 4 heteroatoms. The van der Waals surface area contributed by atoms with E-state index in [4.69, 9.17) is 4.74 Å². The lowest BCUT2D eigenvalue weighted by Gasteiger charge is -2.23. The summed E-state index contributed by atoms with van der Waals surface area (Å²) in [6, 6.07) is 8.71. The van der Waals surface area contributed by atoms with Gasteiger partial charge in [0.25, 0.3) is 0 Å². The molecule has 0 aromatic heterocycles. The van der Waals surface area contributed by atoms with Gasteiger partial charge in [0.2, 0.25) is 0 Å². The predicted octanol–water partition coefficient (Wildman–Crippen LogP) is 1.56. The molecule has 1 radical (unpaired) electrons. The first-order chi connectivity index (χ1) is 7.79. The van der Waals surface area contributed by atoms with Gasteiger partial charge in [0.05, 0.1) is 0 Å². The van der Waals surface area contributed by atoms with E-state index in [1.165, 1.54) is 0 Å². The van der Waals surface area contributed by atoms with E-state index in [1.807, 2.05) is 6.07 Å². The van der Waals surface area contributed by atoms with Gasteiger partial charge in [0.15, 0.2) is 12.3 Å². The summed E-state index contributed by atoms with van der Waals surface area (Å²) < 4.78 is 19.4. The van der Waals surface area contributed by atoms with Gasteiger partial charge in [-0.2, -0.15) is 0 Å². The van der Waals surface area contributed by atoms with Crippen LogP contribution in [-0.4, -0.2) is 24.5 Å². The number of hydrogen-bond donors (Lipinski definition) is 2. The molecule has 1 saturated heterocycles. The molecule has 1 aromatic rings. The molecule has 16 heavy (non-hydrogen) atoms. The van der Waals surface area contributed by atoms with Crippen LogP contribution in [0.5, 0.6) is 0 Å². The van der Waals surface area contributed by atoms with Crippen LogP contribution in [0.4, 0.5) is 4.39 Å². The van der Waals surface area contributed by atoms with E-state index in [1.54, 1.807) is 24.3 Å². The number of nitrogens with one attached hydrogen (secondary N) is 1. The molecule has 1 fully saturated rings. The largest absolute Gasteiger partial charge is 0.375 e. The molecule has 2 rings (SSSR count). The smallest absolute Gasteiger partial charge is 0.178 e. The molecule has 0 spiro atoms. The normalized spacial score (nSPS) is 25.0. The zero-order chi connectivity index (χ0) is 11.4. The van der Waals surface area contributed by atoms with Gasteiger partial charge in [-0.1, -0.05) is 30.3 Å². The van der Waals surface area contributed by atoms with Crippen molar-refractivity contribution in [2.45, 2.75) is 18.8 Å². The van der Waals surface area contributed by atoms with Crippen LogP contribution in [0.25, 0.3) is 0 Å². The molecule has 0 bridgehead atoms. The van der Waals surface area contributed by atoms with Crippen molar-refractivity contribution in [2.75, 3.05) is 13.2 Å². The minimum Gasteiger partial charge on any atom is -0.375 e. The Morgan fingerprint density at radius 1 is 1.38 bits per heavy atom. The Kier molecular flexibility index (Phi) is 3.88. The van der Waals surface area contributed by atoms with Crippen molar-refractivity contribution < 1.29 is 14.2 Å². The highest BCUT2D eigenvalue weighted by Gasteiger charge is 2.33. The Labute approximate surface area is 94.2 Å². The van der Waals surface area contributed by atoms with Crippen molar-refractivity contribution in [1.82, 2.24) is 5.32 Å². The average Bonchev–Trinajstić information content (AvgIpc) is 2.54. The van der Waals surface area contributed by atoms with Crippen molar-refractivity contribution in [2.24, 2.45) is 0 Å². The number of aliphatic hydroxyl groups is 1. The van der Waals surface area contributed by atoms with Crippen molar-refractivity contribution in [3.63, 3.8) is 0 Å². The molecule has 1 heterocycles. The number of hydrogen-bond acceptors (Lipinski definition) is 3. The average molecular weight is 224 g/mol. The van der Waals surface area contributed by atoms with E-state index in [0.717, 1.165) is 6.42 Å². The molecular formula is C12H15FNO2. The van der Waals surface area contributed by atoms with E-state index >= 15 is 0 Å². The zero-order valence-corrected chi connectivity index (χ0v) is 8.90. The summed E-state index contributed by atoms with van der Waals surface area (Å²) in [5.41, 5.74) is 0.500. The van der Waals surface area contributed by atoms with Gasteiger partial charge in [0, 0.05) is 6.61 Å². The SMILES string of the molecule is OC1NCCCO[C]1C(F)c1ccccc1. The van der Waals surface area contributed by atoms with Crippen molar-refractivity contribution in [3.05, 3.63) is 42.0 Å². The Bertz CT molecular complexity index is 320. The molecule has 0 saturated carbocycles. The molecule has 3 nitrogen and oxygen atoms in total. The Hall–Kier alpha value is -0.970. The van der Waals surface area contributed by atoms with Crippen LogP contribution in [0.1, 0.15) is 18.2 Å². The fourth-order valence-corrected chi connectivity index (χ4v) is 1.68. The Balaban J connectivity index is 2.10. The summed E-state index contributed by atoms with van der Waals surface area (Å²) in [6.07, 6.45) is -1.59. The van der Waals surface area contributed by atoms with E-state index in [-0.39, 0.29) is 6.10 Å². The van der Waals surface area contributed by atoms with E-state index in [9.17, 15) is 9.50 Å². The second-order valence-corrected chi connectivity index (χ2v) is 3.73. The number of ether oxygens (including phenoxy) is 1. The van der Waals surface area contributed by atoms with Crippen molar-refractivity contribution in [3.8, 4) is 0 Å². The highest BCUT2D eigenvalue weighted by molar-refractivity contribution is 5.22. The molecule has 1 aromatic carbocycles. The first-order valence-corrected chi connectivity index (χ1v) is 5.39. The van der Waals surface area contributed by atoms with Gasteiger partial charge >= 0.3 is 0 Å². The number of aliphatic hydroxyl groups excluding tert-OH is 1. The van der Waals surface area contributed by atoms with Gasteiger partial charge in [0.1, 0.15) is 6.23 Å². The summed E-state index contributed by atoms with van der Waals surface area (Å²) in [5, 5.41) is 12.5. The summed E-state index contributed by atoms with van der Waals surface area (Å²) in [7, 11) is 0. The monoisotopic (exact) mass is 224 g/mol. The highest BCUT2D eigenvalue weighted by Crippen LogP contribution is 2.31. The fourth-order valence-electron chi connectivity index (χ4n) is 1.68. The van der Waals surface area contributed by atoms with Crippen LogP contribution >= 0.6 is 0 Å². The summed E-state index contributed by atoms with van der Waals surface area (Å²) in [6.45, 7) is 1.07. The van der Waals surface area contributed by atoms with Crippen LogP contribution in [-0.2, 0) is 4.74 Å². The Morgan fingerprint density at radius 2 is 2.12 bits per heavy atom. The van der Waals surface area contributed by atoms with Gasteiger partial charge in [-0.3, -0.25) is 5.32 Å². The third-order valence-electron chi connectivity index (χ3n) is 2.54.